The van der Waals surface area contributed by atoms with Gasteiger partial charge in [-0.05, 0) is 66.8 Å². The first-order chi connectivity index (χ1) is 16.9. The lowest BCUT2D eigenvalue weighted by atomic mass is 9.93. The molecule has 0 spiro atoms. The fraction of sp³-hybridized carbons (Fsp3) is 0.321. The van der Waals surface area contributed by atoms with Crippen LogP contribution in [0.15, 0.2) is 59.2 Å². The average molecular weight is 475 g/mol. The van der Waals surface area contributed by atoms with E-state index in [2.05, 4.69) is 6.92 Å². The topological polar surface area (TPSA) is 88.9 Å². The molecule has 0 saturated heterocycles. The maximum atomic E-state index is 13.3. The maximum Gasteiger partial charge on any atom is 0.271 e. The highest BCUT2D eigenvalue weighted by molar-refractivity contribution is 6.19. The molecule has 2 amide bonds. The van der Waals surface area contributed by atoms with Crippen LogP contribution in [0.2, 0.25) is 0 Å². The molecular weight excluding hydrogens is 444 g/mol. The van der Waals surface area contributed by atoms with Crippen molar-refractivity contribution in [2.75, 3.05) is 27.4 Å². The van der Waals surface area contributed by atoms with E-state index >= 15 is 0 Å². The second-order valence-corrected chi connectivity index (χ2v) is 8.14. The van der Waals surface area contributed by atoms with Crippen LogP contribution < -0.4 is 14.2 Å². The summed E-state index contributed by atoms with van der Waals surface area (Å²) >= 11 is 0. The Morgan fingerprint density at radius 2 is 1.74 bits per heavy atom. The summed E-state index contributed by atoms with van der Waals surface area (Å²) in [6.07, 6.45) is 4.10. The minimum atomic E-state index is -0.571. The number of benzene rings is 2. The van der Waals surface area contributed by atoms with Gasteiger partial charge >= 0.3 is 0 Å². The van der Waals surface area contributed by atoms with Gasteiger partial charge in [0.15, 0.2) is 11.5 Å². The van der Waals surface area contributed by atoms with Gasteiger partial charge in [-0.3, -0.25) is 14.5 Å². The molecule has 0 unspecified atom stereocenters. The first-order valence-electron chi connectivity index (χ1n) is 11.6. The number of hydrogen-bond acceptors (Lipinski definition) is 6. The second kappa shape index (κ2) is 11.9. The Labute approximate surface area is 206 Å². The van der Waals surface area contributed by atoms with E-state index in [1.165, 1.54) is 0 Å². The summed E-state index contributed by atoms with van der Waals surface area (Å²) in [5.74, 6) is 0.902. The van der Waals surface area contributed by atoms with Crippen LogP contribution in [0.5, 0.6) is 17.2 Å². The first-order valence-corrected chi connectivity index (χ1v) is 11.6. The molecule has 0 bridgehead atoms. The Hall–Kier alpha value is -4.05. The van der Waals surface area contributed by atoms with E-state index < -0.39 is 11.8 Å². The van der Waals surface area contributed by atoms with Crippen molar-refractivity contribution < 1.29 is 23.8 Å². The number of unbranched alkanes of at least 4 members (excludes halogenated alkanes) is 1. The standard InChI is InChI=1S/C28H30N2O5/c1-5-6-15-35-25-12-9-21(17-26(25)34-4)16-23-19(2)24(18-29)28(32)30(27(23)31)14-13-20-7-10-22(33-3)11-8-20/h7-12,16-17H,5-6,13-15H2,1-4H3/b23-16+. The highest BCUT2D eigenvalue weighted by Gasteiger charge is 2.35. The summed E-state index contributed by atoms with van der Waals surface area (Å²) in [6, 6.07) is 14.8. The van der Waals surface area contributed by atoms with Gasteiger partial charge in [0.1, 0.15) is 17.4 Å². The van der Waals surface area contributed by atoms with E-state index in [4.69, 9.17) is 14.2 Å². The summed E-state index contributed by atoms with van der Waals surface area (Å²) in [7, 11) is 3.15. The van der Waals surface area contributed by atoms with Crippen molar-refractivity contribution in [3.05, 3.63) is 70.3 Å². The molecule has 2 aromatic rings. The van der Waals surface area contributed by atoms with Crippen molar-refractivity contribution >= 4 is 17.9 Å². The van der Waals surface area contributed by atoms with Crippen LogP contribution in [0.4, 0.5) is 0 Å². The van der Waals surface area contributed by atoms with Gasteiger partial charge in [0, 0.05) is 12.1 Å². The van der Waals surface area contributed by atoms with Crippen molar-refractivity contribution in [2.45, 2.75) is 33.1 Å². The lowest BCUT2D eigenvalue weighted by molar-refractivity contribution is -0.140. The van der Waals surface area contributed by atoms with Crippen LogP contribution in [0, 0.1) is 11.3 Å². The highest BCUT2D eigenvalue weighted by Crippen LogP contribution is 2.32. The van der Waals surface area contributed by atoms with Crippen molar-refractivity contribution in [3.8, 4) is 23.3 Å². The number of hydrogen-bond donors (Lipinski definition) is 0. The summed E-state index contributed by atoms with van der Waals surface area (Å²) in [6.45, 7) is 4.46. The smallest absolute Gasteiger partial charge is 0.271 e. The van der Waals surface area contributed by atoms with Gasteiger partial charge < -0.3 is 14.2 Å². The second-order valence-electron chi connectivity index (χ2n) is 8.14. The van der Waals surface area contributed by atoms with Gasteiger partial charge in [-0.1, -0.05) is 31.5 Å². The van der Waals surface area contributed by atoms with Crippen molar-refractivity contribution in [1.29, 1.82) is 5.26 Å². The van der Waals surface area contributed by atoms with E-state index in [-0.39, 0.29) is 12.1 Å². The molecule has 7 heteroatoms. The summed E-state index contributed by atoms with van der Waals surface area (Å²) in [4.78, 5) is 27.4. The zero-order chi connectivity index (χ0) is 25.4. The molecule has 35 heavy (non-hydrogen) atoms. The molecule has 7 nitrogen and oxygen atoms in total. The number of rotatable bonds is 10. The molecular formula is C28H30N2O5. The van der Waals surface area contributed by atoms with Crippen LogP contribution >= 0.6 is 0 Å². The van der Waals surface area contributed by atoms with Crippen LogP contribution in [0.1, 0.15) is 37.8 Å². The van der Waals surface area contributed by atoms with E-state index in [1.807, 2.05) is 36.4 Å². The van der Waals surface area contributed by atoms with E-state index in [0.717, 1.165) is 29.1 Å². The minimum absolute atomic E-state index is 0.0305. The normalized spacial score (nSPS) is 14.8. The van der Waals surface area contributed by atoms with Gasteiger partial charge in [-0.15, -0.1) is 0 Å². The molecule has 0 atom stereocenters. The Morgan fingerprint density at radius 1 is 1.00 bits per heavy atom. The van der Waals surface area contributed by atoms with E-state index in [0.29, 0.717) is 41.2 Å². The molecule has 0 aromatic heterocycles. The highest BCUT2D eigenvalue weighted by atomic mass is 16.5. The first kappa shape index (κ1) is 25.6. The molecule has 182 valence electrons. The van der Waals surface area contributed by atoms with Gasteiger partial charge in [0.2, 0.25) is 0 Å². The Kier molecular flexibility index (Phi) is 8.69. The summed E-state index contributed by atoms with van der Waals surface area (Å²) < 4.78 is 16.4. The molecule has 1 aliphatic rings. The monoisotopic (exact) mass is 474 g/mol. The number of methoxy groups -OCH3 is 2. The Balaban J connectivity index is 1.88. The molecule has 0 saturated carbocycles. The molecule has 0 fully saturated rings. The number of amides is 2. The van der Waals surface area contributed by atoms with E-state index in [9.17, 15) is 14.9 Å². The van der Waals surface area contributed by atoms with Gasteiger partial charge in [-0.25, -0.2) is 0 Å². The third-order valence-corrected chi connectivity index (χ3v) is 5.86. The van der Waals surface area contributed by atoms with E-state index in [1.54, 1.807) is 39.4 Å². The minimum Gasteiger partial charge on any atom is -0.497 e. The van der Waals surface area contributed by atoms with Gasteiger partial charge in [0.05, 0.1) is 20.8 Å². The maximum absolute atomic E-state index is 13.3. The van der Waals surface area contributed by atoms with Gasteiger partial charge in [0.25, 0.3) is 11.8 Å². The number of nitriles is 1. The molecule has 0 radical (unpaired) electrons. The molecule has 1 aliphatic heterocycles. The molecule has 3 rings (SSSR count). The van der Waals surface area contributed by atoms with Crippen LogP contribution in [0.3, 0.4) is 0 Å². The van der Waals surface area contributed by atoms with Crippen LogP contribution in [-0.2, 0) is 16.0 Å². The third kappa shape index (κ3) is 5.90. The number of nitrogens with zero attached hydrogens (tertiary/aromatic N) is 2. The molecule has 2 aromatic carbocycles. The lowest BCUT2D eigenvalue weighted by Gasteiger charge is -2.27. The van der Waals surface area contributed by atoms with Crippen molar-refractivity contribution in [3.63, 3.8) is 0 Å². The lowest BCUT2D eigenvalue weighted by Crippen LogP contribution is -2.43. The average Bonchev–Trinajstić information content (AvgIpc) is 2.87. The third-order valence-electron chi connectivity index (χ3n) is 5.86. The van der Waals surface area contributed by atoms with Crippen molar-refractivity contribution in [2.24, 2.45) is 0 Å². The fourth-order valence-corrected chi connectivity index (χ4v) is 3.75. The molecule has 0 N–H and O–H groups in total. The largest absolute Gasteiger partial charge is 0.497 e. The Bertz CT molecular complexity index is 1190. The molecule has 1 heterocycles. The zero-order valence-corrected chi connectivity index (χ0v) is 20.6. The number of imide groups is 1. The predicted molar refractivity (Wildman–Crippen MR) is 133 cm³/mol. The Morgan fingerprint density at radius 3 is 2.37 bits per heavy atom. The van der Waals surface area contributed by atoms with Gasteiger partial charge in [-0.2, -0.15) is 5.26 Å². The predicted octanol–water partition coefficient (Wildman–Crippen LogP) is 4.72. The number of carbonyl (C=O) groups is 2. The number of carbonyl (C=O) groups excluding carboxylic acids is 2. The van der Waals surface area contributed by atoms with Crippen LogP contribution in [-0.4, -0.2) is 44.1 Å². The van der Waals surface area contributed by atoms with Crippen molar-refractivity contribution in [1.82, 2.24) is 4.90 Å². The zero-order valence-electron chi connectivity index (χ0n) is 20.6. The quantitative estimate of drug-likeness (QED) is 0.281. The summed E-state index contributed by atoms with van der Waals surface area (Å²) in [5, 5.41) is 9.64. The molecule has 0 aliphatic carbocycles. The fourth-order valence-electron chi connectivity index (χ4n) is 3.75. The van der Waals surface area contributed by atoms with Crippen LogP contribution in [0.25, 0.3) is 6.08 Å². The summed E-state index contributed by atoms with van der Waals surface area (Å²) in [5.41, 5.74) is 2.29. The number of ether oxygens (including phenoxy) is 3. The SMILES string of the molecule is CCCCOc1ccc(/C=C2/C(=O)N(CCc3ccc(OC)cc3)C(=O)C(C#N)=C2C)cc1OC.